The zero-order valence-electron chi connectivity index (χ0n) is 8.32. The molecule has 88 valence electrons. The van der Waals surface area contributed by atoms with Crippen molar-refractivity contribution >= 4 is 12.6 Å². The summed E-state index contributed by atoms with van der Waals surface area (Å²) in [6, 6.07) is 2.69. The Labute approximate surface area is 89.8 Å². The zero-order valence-corrected chi connectivity index (χ0v) is 8.32. The molecule has 0 fully saturated rings. The molecular formula is C8H9BF3NO3. The lowest BCUT2D eigenvalue weighted by molar-refractivity contribution is -0.153. The molecule has 0 aliphatic carbocycles. The monoisotopic (exact) mass is 235 g/mol. The fourth-order valence-corrected chi connectivity index (χ4v) is 1.01. The fraction of sp³-hybridized carbons (Fsp3) is 0.375. The molecule has 1 aromatic rings. The lowest BCUT2D eigenvalue weighted by Crippen LogP contribution is -2.33. The van der Waals surface area contributed by atoms with E-state index in [9.17, 15) is 13.2 Å². The number of aryl methyl sites for hydroxylation is 1. The number of halogens is 3. The summed E-state index contributed by atoms with van der Waals surface area (Å²) < 4.78 is 40.1. The standard InChI is InChI=1S/C8H9BF3NO3/c1-5-2-3-6(9(14)15)7(13-5)16-4-8(10,11)12/h2-3,14-15H,4H2,1H3. The number of aromatic nitrogens is 1. The van der Waals surface area contributed by atoms with Crippen LogP contribution >= 0.6 is 0 Å². The van der Waals surface area contributed by atoms with Crippen molar-refractivity contribution < 1.29 is 28.0 Å². The average Bonchev–Trinajstić information content (AvgIpc) is 2.13. The molecule has 0 radical (unpaired) electrons. The molecule has 1 aromatic heterocycles. The Balaban J connectivity index is 2.88. The van der Waals surface area contributed by atoms with Crippen LogP contribution in [-0.4, -0.2) is 34.9 Å². The second-order valence-corrected chi connectivity index (χ2v) is 3.12. The van der Waals surface area contributed by atoms with Crippen LogP contribution in [-0.2, 0) is 0 Å². The first-order valence-corrected chi connectivity index (χ1v) is 4.33. The SMILES string of the molecule is Cc1ccc(B(O)O)c(OCC(F)(F)F)n1. The quantitative estimate of drug-likeness (QED) is 0.724. The number of pyridine rings is 1. The zero-order chi connectivity index (χ0) is 12.3. The van der Waals surface area contributed by atoms with Gasteiger partial charge >= 0.3 is 13.3 Å². The van der Waals surface area contributed by atoms with Gasteiger partial charge in [-0.3, -0.25) is 0 Å². The largest absolute Gasteiger partial charge is 0.494 e. The van der Waals surface area contributed by atoms with Gasteiger partial charge in [0.25, 0.3) is 0 Å². The maximum Gasteiger partial charge on any atom is 0.494 e. The number of hydrogen-bond donors (Lipinski definition) is 2. The van der Waals surface area contributed by atoms with Crippen LogP contribution in [0.1, 0.15) is 5.69 Å². The Kier molecular flexibility index (Phi) is 3.76. The van der Waals surface area contributed by atoms with Crippen LogP contribution < -0.4 is 10.2 Å². The Bertz CT molecular complexity index is 370. The van der Waals surface area contributed by atoms with Gasteiger partial charge in [0.15, 0.2) is 6.61 Å². The molecule has 0 atom stereocenters. The van der Waals surface area contributed by atoms with Gasteiger partial charge in [-0.25, -0.2) is 4.98 Å². The number of nitrogens with zero attached hydrogens (tertiary/aromatic N) is 1. The van der Waals surface area contributed by atoms with Crippen LogP contribution in [0.4, 0.5) is 13.2 Å². The highest BCUT2D eigenvalue weighted by molar-refractivity contribution is 6.59. The highest BCUT2D eigenvalue weighted by atomic mass is 19.4. The number of ether oxygens (including phenoxy) is 1. The first-order chi connectivity index (χ1) is 7.29. The molecule has 0 unspecified atom stereocenters. The van der Waals surface area contributed by atoms with Crippen molar-refractivity contribution in [2.24, 2.45) is 0 Å². The molecular weight excluding hydrogens is 226 g/mol. The molecule has 16 heavy (non-hydrogen) atoms. The lowest BCUT2D eigenvalue weighted by atomic mass is 9.81. The summed E-state index contributed by atoms with van der Waals surface area (Å²) in [4.78, 5) is 3.66. The Morgan fingerprint density at radius 2 is 2.00 bits per heavy atom. The molecule has 2 N–H and O–H groups in total. The first kappa shape index (κ1) is 12.8. The molecule has 8 heteroatoms. The van der Waals surface area contributed by atoms with Gasteiger partial charge in [-0.05, 0) is 13.0 Å². The van der Waals surface area contributed by atoms with Gasteiger partial charge in [0, 0.05) is 11.2 Å². The lowest BCUT2D eigenvalue weighted by Gasteiger charge is -2.12. The van der Waals surface area contributed by atoms with Gasteiger partial charge in [0.05, 0.1) is 0 Å². The van der Waals surface area contributed by atoms with E-state index in [1.165, 1.54) is 12.1 Å². The fourth-order valence-electron chi connectivity index (χ4n) is 1.01. The molecule has 0 bridgehead atoms. The molecule has 0 saturated heterocycles. The molecule has 1 rings (SSSR count). The Hall–Kier alpha value is -1.28. The van der Waals surface area contributed by atoms with Crippen LogP contribution in [0.25, 0.3) is 0 Å². The topological polar surface area (TPSA) is 62.6 Å². The maximum atomic E-state index is 11.9. The van der Waals surface area contributed by atoms with Gasteiger partial charge in [-0.2, -0.15) is 13.2 Å². The van der Waals surface area contributed by atoms with Crippen LogP contribution in [0.2, 0.25) is 0 Å². The van der Waals surface area contributed by atoms with E-state index < -0.39 is 25.8 Å². The van der Waals surface area contributed by atoms with Crippen molar-refractivity contribution in [1.29, 1.82) is 0 Å². The van der Waals surface area contributed by atoms with Crippen molar-refractivity contribution in [3.05, 3.63) is 17.8 Å². The van der Waals surface area contributed by atoms with Crippen LogP contribution in [0.3, 0.4) is 0 Å². The molecule has 4 nitrogen and oxygen atoms in total. The van der Waals surface area contributed by atoms with Crippen LogP contribution in [0, 0.1) is 6.92 Å². The van der Waals surface area contributed by atoms with Crippen molar-refractivity contribution in [2.75, 3.05) is 6.61 Å². The van der Waals surface area contributed by atoms with Crippen molar-refractivity contribution in [3.8, 4) is 5.88 Å². The van der Waals surface area contributed by atoms with E-state index in [0.717, 1.165) is 0 Å². The Morgan fingerprint density at radius 3 is 2.50 bits per heavy atom. The summed E-state index contributed by atoms with van der Waals surface area (Å²) in [5.74, 6) is -0.424. The minimum Gasteiger partial charge on any atom is -0.468 e. The number of hydrogen-bond acceptors (Lipinski definition) is 4. The molecule has 0 spiro atoms. The molecule has 0 amide bonds. The highest BCUT2D eigenvalue weighted by Crippen LogP contribution is 2.16. The summed E-state index contributed by atoms with van der Waals surface area (Å²) >= 11 is 0. The third kappa shape index (κ3) is 3.71. The summed E-state index contributed by atoms with van der Waals surface area (Å²) in [6.45, 7) is 0.0250. The van der Waals surface area contributed by atoms with Gasteiger partial charge < -0.3 is 14.8 Å². The summed E-state index contributed by atoms with van der Waals surface area (Å²) in [7, 11) is -1.92. The predicted molar refractivity (Wildman–Crippen MR) is 50.3 cm³/mol. The van der Waals surface area contributed by atoms with E-state index in [4.69, 9.17) is 10.0 Å². The molecule has 0 aliphatic rings. The summed E-state index contributed by atoms with van der Waals surface area (Å²) in [6.07, 6.45) is -4.50. The maximum absolute atomic E-state index is 11.9. The van der Waals surface area contributed by atoms with Gasteiger partial charge in [0.2, 0.25) is 5.88 Å². The summed E-state index contributed by atoms with van der Waals surface area (Å²) in [5.41, 5.74) is 0.219. The van der Waals surface area contributed by atoms with Crippen molar-refractivity contribution in [2.45, 2.75) is 13.1 Å². The number of alkyl halides is 3. The summed E-state index contributed by atoms with van der Waals surface area (Å²) in [5, 5.41) is 17.8. The second kappa shape index (κ2) is 4.71. The molecule has 0 aliphatic heterocycles. The van der Waals surface area contributed by atoms with Crippen LogP contribution in [0.5, 0.6) is 5.88 Å². The van der Waals surface area contributed by atoms with Gasteiger partial charge in [-0.15, -0.1) is 0 Å². The minimum absolute atomic E-state index is 0.199. The average molecular weight is 235 g/mol. The molecule has 0 aromatic carbocycles. The van der Waals surface area contributed by atoms with E-state index in [1.54, 1.807) is 6.92 Å². The normalized spacial score (nSPS) is 11.4. The van der Waals surface area contributed by atoms with Gasteiger partial charge in [-0.1, -0.05) is 6.07 Å². The Morgan fingerprint density at radius 1 is 1.38 bits per heavy atom. The van der Waals surface area contributed by atoms with Crippen LogP contribution in [0.15, 0.2) is 12.1 Å². The highest BCUT2D eigenvalue weighted by Gasteiger charge is 2.30. The van der Waals surface area contributed by atoms with E-state index in [2.05, 4.69) is 9.72 Å². The van der Waals surface area contributed by atoms with Gasteiger partial charge in [0.1, 0.15) is 0 Å². The van der Waals surface area contributed by atoms with Crippen molar-refractivity contribution in [1.82, 2.24) is 4.98 Å². The van der Waals surface area contributed by atoms with Crippen molar-refractivity contribution in [3.63, 3.8) is 0 Å². The second-order valence-electron chi connectivity index (χ2n) is 3.12. The molecule has 1 heterocycles. The molecule has 0 saturated carbocycles. The predicted octanol–water partition coefficient (Wildman–Crippen LogP) is 0.0109. The van der Waals surface area contributed by atoms with E-state index in [-0.39, 0.29) is 5.46 Å². The van der Waals surface area contributed by atoms with E-state index >= 15 is 0 Å². The third-order valence-electron chi connectivity index (χ3n) is 1.68. The minimum atomic E-state index is -4.50. The third-order valence-corrected chi connectivity index (χ3v) is 1.68. The smallest absolute Gasteiger partial charge is 0.468 e. The van der Waals surface area contributed by atoms with E-state index in [0.29, 0.717) is 5.69 Å². The first-order valence-electron chi connectivity index (χ1n) is 4.33. The van der Waals surface area contributed by atoms with E-state index in [1.807, 2.05) is 0 Å². The number of rotatable bonds is 3.